The quantitative estimate of drug-likeness (QED) is 0.907. The van der Waals surface area contributed by atoms with Crippen LogP contribution in [0.25, 0.3) is 0 Å². The number of aromatic amines is 1. The number of halogens is 2. The van der Waals surface area contributed by atoms with Crippen molar-refractivity contribution in [1.82, 2.24) is 9.97 Å². The number of nitrogens with zero attached hydrogens (tertiary/aromatic N) is 1. The van der Waals surface area contributed by atoms with Gasteiger partial charge in [-0.2, -0.15) is 0 Å². The number of anilines is 1. The first kappa shape index (κ1) is 10.5. The number of aromatic nitrogens is 2. The van der Waals surface area contributed by atoms with Crippen molar-refractivity contribution in [3.05, 3.63) is 45.9 Å². The molecule has 5 heteroatoms. The number of nitrogens with one attached hydrogen (secondary N) is 2. The van der Waals surface area contributed by atoms with Crippen LogP contribution in [0.3, 0.4) is 0 Å². The zero-order chi connectivity index (χ0) is 10.7. The maximum atomic E-state index is 5.97. The smallest absolute Gasteiger partial charge is 0.0923 e. The second-order valence-corrected chi connectivity index (χ2v) is 4.30. The fourth-order valence-electron chi connectivity index (χ4n) is 1.19. The maximum Gasteiger partial charge on any atom is 0.0923 e. The zero-order valence-electron chi connectivity index (χ0n) is 7.80. The Morgan fingerprint density at radius 3 is 3.00 bits per heavy atom. The Balaban J connectivity index is 2.02. The monoisotopic (exact) mass is 285 g/mol. The van der Waals surface area contributed by atoms with Gasteiger partial charge in [-0.25, -0.2) is 4.98 Å². The highest BCUT2D eigenvalue weighted by Gasteiger charge is 1.99. The molecule has 3 nitrogen and oxygen atoms in total. The highest BCUT2D eigenvalue weighted by Crippen LogP contribution is 2.25. The number of hydrogen-bond acceptors (Lipinski definition) is 2. The Morgan fingerprint density at radius 2 is 2.33 bits per heavy atom. The lowest BCUT2D eigenvalue weighted by atomic mass is 10.3. The van der Waals surface area contributed by atoms with Crippen LogP contribution in [0.15, 0.2) is 35.2 Å². The van der Waals surface area contributed by atoms with Gasteiger partial charge in [0.15, 0.2) is 0 Å². The first-order valence-corrected chi connectivity index (χ1v) is 5.59. The Bertz CT molecular complexity index is 442. The van der Waals surface area contributed by atoms with E-state index in [1.165, 1.54) is 0 Å². The van der Waals surface area contributed by atoms with Crippen LogP contribution in [0.5, 0.6) is 0 Å². The largest absolute Gasteiger partial charge is 0.379 e. The summed E-state index contributed by atoms with van der Waals surface area (Å²) in [5, 5.41) is 3.92. The molecule has 0 saturated carbocycles. The predicted octanol–water partition coefficient (Wildman–Crippen LogP) is 3.44. The van der Waals surface area contributed by atoms with Crippen molar-refractivity contribution in [3.63, 3.8) is 0 Å². The lowest BCUT2D eigenvalue weighted by molar-refractivity contribution is 1.07. The van der Waals surface area contributed by atoms with Crippen molar-refractivity contribution >= 4 is 33.2 Å². The van der Waals surface area contributed by atoms with Gasteiger partial charge in [0.1, 0.15) is 0 Å². The highest BCUT2D eigenvalue weighted by molar-refractivity contribution is 9.10. The molecule has 2 aromatic rings. The maximum absolute atomic E-state index is 5.97. The molecule has 0 aliphatic rings. The molecule has 0 radical (unpaired) electrons. The van der Waals surface area contributed by atoms with Crippen LogP contribution in [0.1, 0.15) is 5.69 Å². The standard InChI is InChI=1S/C10H9BrClN3/c11-9-2-1-7(3-10(9)12)14-5-8-4-13-6-15-8/h1-4,6,14H,5H2,(H,13,15). The summed E-state index contributed by atoms with van der Waals surface area (Å²) in [6, 6.07) is 5.75. The van der Waals surface area contributed by atoms with Crippen LogP contribution in [0.4, 0.5) is 5.69 Å². The Morgan fingerprint density at radius 1 is 1.47 bits per heavy atom. The third-order valence-corrected chi connectivity index (χ3v) is 3.18. The van der Waals surface area contributed by atoms with E-state index in [2.05, 4.69) is 31.2 Å². The van der Waals surface area contributed by atoms with E-state index in [0.717, 1.165) is 15.9 Å². The van der Waals surface area contributed by atoms with Gasteiger partial charge < -0.3 is 10.3 Å². The molecule has 15 heavy (non-hydrogen) atoms. The van der Waals surface area contributed by atoms with Crippen LogP contribution in [0.2, 0.25) is 5.02 Å². The van der Waals surface area contributed by atoms with E-state index in [1.54, 1.807) is 6.33 Å². The fourth-order valence-corrected chi connectivity index (χ4v) is 1.61. The average molecular weight is 287 g/mol. The Hall–Kier alpha value is -1.00. The van der Waals surface area contributed by atoms with Crippen LogP contribution in [-0.4, -0.2) is 9.97 Å². The normalized spacial score (nSPS) is 10.3. The van der Waals surface area contributed by atoms with E-state index < -0.39 is 0 Å². The topological polar surface area (TPSA) is 40.7 Å². The van der Waals surface area contributed by atoms with Gasteiger partial charge in [0.2, 0.25) is 0 Å². The Kier molecular flexibility index (Phi) is 3.28. The zero-order valence-corrected chi connectivity index (χ0v) is 10.1. The summed E-state index contributed by atoms with van der Waals surface area (Å²) < 4.78 is 0.898. The van der Waals surface area contributed by atoms with Crippen molar-refractivity contribution in [3.8, 4) is 0 Å². The van der Waals surface area contributed by atoms with Crippen LogP contribution in [-0.2, 0) is 6.54 Å². The average Bonchev–Trinajstić information content (AvgIpc) is 2.73. The van der Waals surface area contributed by atoms with E-state index in [9.17, 15) is 0 Å². The van der Waals surface area contributed by atoms with Gasteiger partial charge in [-0.05, 0) is 34.1 Å². The van der Waals surface area contributed by atoms with Crippen molar-refractivity contribution in [2.45, 2.75) is 6.54 Å². The number of benzene rings is 1. The minimum Gasteiger partial charge on any atom is -0.379 e. The molecular formula is C10H9BrClN3. The summed E-state index contributed by atoms with van der Waals surface area (Å²) in [6.07, 6.45) is 3.51. The lowest BCUT2D eigenvalue weighted by Gasteiger charge is -2.05. The van der Waals surface area contributed by atoms with Gasteiger partial charge in [0, 0.05) is 16.4 Å². The van der Waals surface area contributed by atoms with Crippen LogP contribution >= 0.6 is 27.5 Å². The third-order valence-electron chi connectivity index (χ3n) is 1.95. The molecule has 0 amide bonds. The molecular weight excluding hydrogens is 277 g/mol. The molecule has 0 aliphatic heterocycles. The van der Waals surface area contributed by atoms with Crippen LogP contribution < -0.4 is 5.32 Å². The summed E-state index contributed by atoms with van der Waals surface area (Å²) in [6.45, 7) is 0.682. The Labute approximate surface area is 101 Å². The second-order valence-electron chi connectivity index (χ2n) is 3.04. The summed E-state index contributed by atoms with van der Waals surface area (Å²) in [7, 11) is 0. The van der Waals surface area contributed by atoms with Crippen molar-refractivity contribution < 1.29 is 0 Å². The summed E-state index contributed by atoms with van der Waals surface area (Å²) in [5.41, 5.74) is 1.94. The molecule has 0 aliphatic carbocycles. The predicted molar refractivity (Wildman–Crippen MR) is 65.1 cm³/mol. The van der Waals surface area contributed by atoms with Gasteiger partial charge in [-0.3, -0.25) is 0 Å². The van der Waals surface area contributed by atoms with Gasteiger partial charge in [0.05, 0.1) is 23.6 Å². The number of imidazole rings is 1. The highest BCUT2D eigenvalue weighted by atomic mass is 79.9. The van der Waals surface area contributed by atoms with Crippen molar-refractivity contribution in [1.29, 1.82) is 0 Å². The number of hydrogen-bond donors (Lipinski definition) is 2. The molecule has 0 fully saturated rings. The molecule has 1 aromatic heterocycles. The molecule has 0 saturated heterocycles. The van der Waals surface area contributed by atoms with Gasteiger partial charge in [-0.1, -0.05) is 11.6 Å². The van der Waals surface area contributed by atoms with E-state index >= 15 is 0 Å². The molecule has 0 unspecified atom stereocenters. The van der Waals surface area contributed by atoms with Gasteiger partial charge in [-0.15, -0.1) is 0 Å². The second kappa shape index (κ2) is 4.68. The third kappa shape index (κ3) is 2.73. The lowest BCUT2D eigenvalue weighted by Crippen LogP contribution is -1.99. The van der Waals surface area contributed by atoms with E-state index in [0.29, 0.717) is 11.6 Å². The minimum atomic E-state index is 0.682. The molecule has 0 bridgehead atoms. The molecule has 1 aromatic carbocycles. The minimum absolute atomic E-state index is 0.682. The number of H-pyrrole nitrogens is 1. The molecule has 2 N–H and O–H groups in total. The van der Waals surface area contributed by atoms with E-state index in [4.69, 9.17) is 11.6 Å². The number of rotatable bonds is 3. The molecule has 78 valence electrons. The van der Waals surface area contributed by atoms with Gasteiger partial charge >= 0.3 is 0 Å². The summed E-state index contributed by atoms with van der Waals surface area (Å²) >= 11 is 9.31. The van der Waals surface area contributed by atoms with Crippen LogP contribution in [0, 0.1) is 0 Å². The molecule has 0 spiro atoms. The molecule has 2 rings (SSSR count). The first-order valence-electron chi connectivity index (χ1n) is 4.42. The fraction of sp³-hybridized carbons (Fsp3) is 0.100. The summed E-state index contributed by atoms with van der Waals surface area (Å²) in [4.78, 5) is 7.01. The van der Waals surface area contributed by atoms with Gasteiger partial charge in [0.25, 0.3) is 0 Å². The van der Waals surface area contributed by atoms with Crippen molar-refractivity contribution in [2.24, 2.45) is 0 Å². The molecule has 1 heterocycles. The summed E-state index contributed by atoms with van der Waals surface area (Å²) in [5.74, 6) is 0. The van der Waals surface area contributed by atoms with Crippen molar-refractivity contribution in [2.75, 3.05) is 5.32 Å². The molecule has 0 atom stereocenters. The SMILES string of the molecule is Clc1cc(NCc2c[nH]cn2)ccc1Br. The van der Waals surface area contributed by atoms with E-state index in [1.807, 2.05) is 24.4 Å². The first-order chi connectivity index (χ1) is 7.25. The van der Waals surface area contributed by atoms with E-state index in [-0.39, 0.29) is 0 Å².